The molecule has 0 saturated heterocycles. The minimum absolute atomic E-state index is 0.995. The van der Waals surface area contributed by atoms with Gasteiger partial charge in [-0.2, -0.15) is 0 Å². The molecule has 3 rings (SSSR count). The maximum absolute atomic E-state index is 4.60. The van der Waals surface area contributed by atoms with Crippen LogP contribution in [0.25, 0.3) is 11.1 Å². The Morgan fingerprint density at radius 3 is 2.72 bits per heavy atom. The Balaban J connectivity index is 1.99. The van der Waals surface area contributed by atoms with E-state index in [4.69, 9.17) is 0 Å². The quantitative estimate of drug-likeness (QED) is 0.765. The standard InChI is InChI=1S/C15H17N3/c1-11-3-4-12(8-16-11)13-7-14-10-18(2)6-5-15(14)17-9-13/h3-4,7-9H,5-6,10H2,1-2H3. The van der Waals surface area contributed by atoms with Crippen LogP contribution in [-0.4, -0.2) is 28.5 Å². The van der Waals surface area contributed by atoms with Gasteiger partial charge in [0.25, 0.3) is 0 Å². The van der Waals surface area contributed by atoms with Crippen molar-refractivity contribution in [1.29, 1.82) is 0 Å². The van der Waals surface area contributed by atoms with E-state index in [2.05, 4.69) is 34.0 Å². The number of hydrogen-bond donors (Lipinski definition) is 0. The van der Waals surface area contributed by atoms with E-state index in [-0.39, 0.29) is 0 Å². The first-order chi connectivity index (χ1) is 8.72. The van der Waals surface area contributed by atoms with E-state index in [1.165, 1.54) is 11.3 Å². The molecule has 0 amide bonds. The van der Waals surface area contributed by atoms with E-state index < -0.39 is 0 Å². The summed E-state index contributed by atoms with van der Waals surface area (Å²) in [4.78, 5) is 11.3. The molecular weight excluding hydrogens is 222 g/mol. The van der Waals surface area contributed by atoms with Crippen molar-refractivity contribution in [2.45, 2.75) is 19.9 Å². The third-order valence-electron chi connectivity index (χ3n) is 3.48. The van der Waals surface area contributed by atoms with Crippen molar-refractivity contribution in [3.8, 4) is 11.1 Å². The largest absolute Gasteiger partial charge is 0.302 e. The Kier molecular flexibility index (Phi) is 2.84. The summed E-state index contributed by atoms with van der Waals surface area (Å²) in [5.74, 6) is 0. The van der Waals surface area contributed by atoms with Crippen LogP contribution >= 0.6 is 0 Å². The third kappa shape index (κ3) is 2.14. The van der Waals surface area contributed by atoms with Crippen molar-refractivity contribution >= 4 is 0 Å². The van der Waals surface area contributed by atoms with E-state index in [1.54, 1.807) is 0 Å². The van der Waals surface area contributed by atoms with Gasteiger partial charge in [-0.05, 0) is 31.7 Å². The predicted octanol–water partition coefficient (Wildman–Crippen LogP) is 2.44. The number of fused-ring (bicyclic) bond motifs is 1. The summed E-state index contributed by atoms with van der Waals surface area (Å²) in [6, 6.07) is 6.41. The van der Waals surface area contributed by atoms with Gasteiger partial charge in [0.1, 0.15) is 0 Å². The summed E-state index contributed by atoms with van der Waals surface area (Å²) in [5, 5.41) is 0. The molecule has 0 fully saturated rings. The lowest BCUT2D eigenvalue weighted by Crippen LogP contribution is -2.27. The topological polar surface area (TPSA) is 29.0 Å². The van der Waals surface area contributed by atoms with Crippen LogP contribution in [0.3, 0.4) is 0 Å². The normalized spacial score (nSPS) is 15.4. The second-order valence-corrected chi connectivity index (χ2v) is 5.01. The molecule has 0 N–H and O–H groups in total. The van der Waals surface area contributed by atoms with Gasteiger partial charge in [-0.3, -0.25) is 9.97 Å². The molecule has 2 aromatic rings. The van der Waals surface area contributed by atoms with Crippen molar-refractivity contribution in [1.82, 2.24) is 14.9 Å². The van der Waals surface area contributed by atoms with E-state index in [9.17, 15) is 0 Å². The van der Waals surface area contributed by atoms with Crippen LogP contribution in [0.4, 0.5) is 0 Å². The predicted molar refractivity (Wildman–Crippen MR) is 72.2 cm³/mol. The molecular formula is C15H17N3. The zero-order valence-electron chi connectivity index (χ0n) is 10.8. The maximum atomic E-state index is 4.60. The van der Waals surface area contributed by atoms with Gasteiger partial charge in [0.05, 0.1) is 0 Å². The summed E-state index contributed by atoms with van der Waals surface area (Å²) in [5.41, 5.74) is 5.95. The minimum Gasteiger partial charge on any atom is -0.302 e. The second-order valence-electron chi connectivity index (χ2n) is 5.01. The Labute approximate surface area is 108 Å². The van der Waals surface area contributed by atoms with Crippen LogP contribution in [0.15, 0.2) is 30.6 Å². The van der Waals surface area contributed by atoms with Crippen molar-refractivity contribution in [3.63, 3.8) is 0 Å². The number of nitrogens with zero attached hydrogens (tertiary/aromatic N) is 3. The molecule has 3 nitrogen and oxygen atoms in total. The fraction of sp³-hybridized carbons (Fsp3) is 0.333. The van der Waals surface area contributed by atoms with Gasteiger partial charge in [0.2, 0.25) is 0 Å². The van der Waals surface area contributed by atoms with Crippen LogP contribution < -0.4 is 0 Å². The highest BCUT2D eigenvalue weighted by Crippen LogP contribution is 2.23. The van der Waals surface area contributed by atoms with Gasteiger partial charge in [0.15, 0.2) is 0 Å². The van der Waals surface area contributed by atoms with E-state index in [1.807, 2.05) is 25.4 Å². The lowest BCUT2D eigenvalue weighted by Gasteiger charge is -2.24. The minimum atomic E-state index is 0.995. The van der Waals surface area contributed by atoms with Gasteiger partial charge >= 0.3 is 0 Å². The van der Waals surface area contributed by atoms with E-state index in [0.29, 0.717) is 0 Å². The fourth-order valence-electron chi connectivity index (χ4n) is 2.36. The zero-order chi connectivity index (χ0) is 12.5. The molecule has 0 spiro atoms. The molecule has 0 saturated carbocycles. The number of hydrogen-bond acceptors (Lipinski definition) is 3. The molecule has 3 heterocycles. The Morgan fingerprint density at radius 2 is 1.94 bits per heavy atom. The molecule has 0 aliphatic carbocycles. The molecule has 1 aliphatic heterocycles. The van der Waals surface area contributed by atoms with Gasteiger partial charge in [-0.15, -0.1) is 0 Å². The molecule has 0 unspecified atom stereocenters. The van der Waals surface area contributed by atoms with Crippen LogP contribution in [0.2, 0.25) is 0 Å². The van der Waals surface area contributed by atoms with Crippen LogP contribution in [0.1, 0.15) is 17.0 Å². The molecule has 1 aliphatic rings. The molecule has 18 heavy (non-hydrogen) atoms. The van der Waals surface area contributed by atoms with Crippen LogP contribution in [0.5, 0.6) is 0 Å². The maximum Gasteiger partial charge on any atom is 0.0461 e. The first-order valence-electron chi connectivity index (χ1n) is 6.32. The van der Waals surface area contributed by atoms with Crippen molar-refractivity contribution in [2.24, 2.45) is 0 Å². The monoisotopic (exact) mass is 239 g/mol. The number of rotatable bonds is 1. The van der Waals surface area contributed by atoms with Gasteiger partial charge in [-0.1, -0.05) is 6.07 Å². The fourth-order valence-corrected chi connectivity index (χ4v) is 2.36. The number of aryl methyl sites for hydroxylation is 1. The van der Waals surface area contributed by atoms with Crippen molar-refractivity contribution in [2.75, 3.05) is 13.6 Å². The van der Waals surface area contributed by atoms with E-state index >= 15 is 0 Å². The Hall–Kier alpha value is -1.74. The van der Waals surface area contributed by atoms with Crippen LogP contribution in [0, 0.1) is 6.92 Å². The van der Waals surface area contributed by atoms with Crippen LogP contribution in [-0.2, 0) is 13.0 Å². The second kappa shape index (κ2) is 4.50. The lowest BCUT2D eigenvalue weighted by molar-refractivity contribution is 0.310. The smallest absolute Gasteiger partial charge is 0.0461 e. The average Bonchev–Trinajstić information content (AvgIpc) is 2.38. The molecule has 92 valence electrons. The van der Waals surface area contributed by atoms with Gasteiger partial charge in [0, 0.05) is 54.4 Å². The number of pyridine rings is 2. The van der Waals surface area contributed by atoms with Crippen molar-refractivity contribution in [3.05, 3.63) is 47.5 Å². The highest BCUT2D eigenvalue weighted by molar-refractivity contribution is 5.62. The molecule has 3 heteroatoms. The lowest BCUT2D eigenvalue weighted by atomic mass is 10.0. The van der Waals surface area contributed by atoms with Gasteiger partial charge < -0.3 is 4.90 Å². The number of likely N-dealkylation sites (N-methyl/N-ethyl adjacent to an activating group) is 1. The zero-order valence-corrected chi connectivity index (χ0v) is 10.8. The molecule has 0 atom stereocenters. The summed E-state index contributed by atoms with van der Waals surface area (Å²) in [6.45, 7) is 4.10. The third-order valence-corrected chi connectivity index (χ3v) is 3.48. The SMILES string of the molecule is Cc1ccc(-c2cnc3c(c2)CN(C)CC3)cn1. The summed E-state index contributed by atoms with van der Waals surface area (Å²) < 4.78 is 0. The summed E-state index contributed by atoms with van der Waals surface area (Å²) in [7, 11) is 2.16. The highest BCUT2D eigenvalue weighted by Gasteiger charge is 2.14. The Bertz CT molecular complexity index is 560. The van der Waals surface area contributed by atoms with E-state index in [0.717, 1.165) is 36.3 Å². The molecule has 0 aromatic carbocycles. The average molecular weight is 239 g/mol. The van der Waals surface area contributed by atoms with Gasteiger partial charge in [-0.25, -0.2) is 0 Å². The molecule has 2 aromatic heterocycles. The first kappa shape index (κ1) is 11.4. The van der Waals surface area contributed by atoms with Crippen molar-refractivity contribution < 1.29 is 0 Å². The summed E-state index contributed by atoms with van der Waals surface area (Å²) in [6.07, 6.45) is 4.94. The molecule has 0 radical (unpaired) electrons. The summed E-state index contributed by atoms with van der Waals surface area (Å²) >= 11 is 0. The number of aromatic nitrogens is 2. The first-order valence-corrected chi connectivity index (χ1v) is 6.32. The molecule has 0 bridgehead atoms. The highest BCUT2D eigenvalue weighted by atomic mass is 15.1. The Morgan fingerprint density at radius 1 is 1.11 bits per heavy atom.